The lowest BCUT2D eigenvalue weighted by Crippen LogP contribution is -2.58. The van der Waals surface area contributed by atoms with Gasteiger partial charge in [-0.15, -0.1) is 0 Å². The Morgan fingerprint density at radius 1 is 1.40 bits per heavy atom. The Kier molecular flexibility index (Phi) is 2.81. The monoisotopic (exact) mass is 297 g/mol. The summed E-state index contributed by atoms with van der Waals surface area (Å²) in [4.78, 5) is 12.8. The molecule has 1 N–H and O–H groups in total. The maximum Gasteiger partial charge on any atom is 0.213 e. The average molecular weight is 297 g/mol. The smallest absolute Gasteiger partial charge is 0.213 e. The molecule has 1 spiro atoms. The highest BCUT2D eigenvalue weighted by Gasteiger charge is 2.77. The molecule has 0 aromatic carbocycles. The maximum absolute atomic E-state index is 12.8. The van der Waals surface area contributed by atoms with Crippen LogP contribution in [0.25, 0.3) is 0 Å². The topological polar surface area (TPSA) is 63.2 Å². The van der Waals surface area contributed by atoms with Crippen molar-refractivity contribution in [3.05, 3.63) is 12.2 Å². The second-order valence-electron chi connectivity index (χ2n) is 7.18. The van der Waals surface area contributed by atoms with E-state index in [9.17, 15) is 13.2 Å². The molecule has 1 saturated heterocycles. The van der Waals surface area contributed by atoms with Crippen LogP contribution in [0.5, 0.6) is 0 Å². The van der Waals surface area contributed by atoms with Gasteiger partial charge in [-0.25, -0.2) is 13.1 Å². The zero-order chi connectivity index (χ0) is 14.8. The third kappa shape index (κ3) is 1.45. The predicted molar refractivity (Wildman–Crippen MR) is 77.6 cm³/mol. The molecule has 4 nitrogen and oxygen atoms in total. The standard InChI is InChI=1S/C15H23NO3S/c1-4-5-6-12(17)15-9-11-7-8-14(15,13(11,2)3)10-20(18,19)16-15/h5-6,11,16H,4,7-10H2,1-3H3/t11?,14?,15-/m0/s1. The first-order valence-corrected chi connectivity index (χ1v) is 9.09. The molecule has 2 saturated carbocycles. The maximum atomic E-state index is 12.8. The molecule has 112 valence electrons. The molecule has 2 aliphatic carbocycles. The van der Waals surface area contributed by atoms with Gasteiger partial charge in [0.15, 0.2) is 5.78 Å². The van der Waals surface area contributed by atoms with Crippen molar-refractivity contribution in [1.29, 1.82) is 0 Å². The van der Waals surface area contributed by atoms with E-state index in [1.54, 1.807) is 6.08 Å². The van der Waals surface area contributed by atoms with Gasteiger partial charge in [0.1, 0.15) is 5.54 Å². The normalized spacial score (nSPS) is 44.0. The van der Waals surface area contributed by atoms with E-state index in [1.807, 2.05) is 13.0 Å². The van der Waals surface area contributed by atoms with Crippen LogP contribution in [0.4, 0.5) is 0 Å². The second-order valence-corrected chi connectivity index (χ2v) is 8.91. The van der Waals surface area contributed by atoms with Crippen molar-refractivity contribution in [2.75, 3.05) is 5.75 Å². The summed E-state index contributed by atoms with van der Waals surface area (Å²) in [7, 11) is -3.35. The molecule has 3 rings (SSSR count). The van der Waals surface area contributed by atoms with Gasteiger partial charge in [-0.2, -0.15) is 0 Å². The Balaban J connectivity index is 2.14. The van der Waals surface area contributed by atoms with Gasteiger partial charge in [0, 0.05) is 5.41 Å². The molecule has 2 bridgehead atoms. The van der Waals surface area contributed by atoms with Crippen molar-refractivity contribution in [2.24, 2.45) is 16.7 Å². The molecule has 1 heterocycles. The third-order valence-corrected chi connectivity index (χ3v) is 7.77. The van der Waals surface area contributed by atoms with Crippen molar-refractivity contribution in [2.45, 2.75) is 52.0 Å². The Morgan fingerprint density at radius 2 is 2.10 bits per heavy atom. The van der Waals surface area contributed by atoms with Crippen molar-refractivity contribution in [3.8, 4) is 0 Å². The first-order chi connectivity index (χ1) is 9.21. The minimum absolute atomic E-state index is 0.0456. The lowest BCUT2D eigenvalue weighted by atomic mass is 9.61. The summed E-state index contributed by atoms with van der Waals surface area (Å²) in [5.41, 5.74) is -1.41. The fourth-order valence-corrected chi connectivity index (χ4v) is 7.47. The van der Waals surface area contributed by atoms with Gasteiger partial charge in [-0.3, -0.25) is 4.79 Å². The molecule has 3 atom stereocenters. The predicted octanol–water partition coefficient (Wildman–Crippen LogP) is 2.02. The molecular formula is C15H23NO3S. The van der Waals surface area contributed by atoms with Crippen LogP contribution in [0.1, 0.15) is 46.5 Å². The summed E-state index contributed by atoms with van der Waals surface area (Å²) in [6.45, 7) is 6.26. The van der Waals surface area contributed by atoms with Crippen LogP contribution in [-0.4, -0.2) is 25.5 Å². The van der Waals surface area contributed by atoms with Crippen molar-refractivity contribution in [3.63, 3.8) is 0 Å². The molecule has 0 amide bonds. The minimum atomic E-state index is -3.35. The Labute approximate surface area is 121 Å². The van der Waals surface area contributed by atoms with E-state index in [4.69, 9.17) is 0 Å². The summed E-state index contributed by atoms with van der Waals surface area (Å²) in [6, 6.07) is 0. The Bertz CT molecular complexity index is 592. The van der Waals surface area contributed by atoms with Crippen molar-refractivity contribution >= 4 is 15.8 Å². The molecule has 0 aromatic heterocycles. The van der Waals surface area contributed by atoms with E-state index in [2.05, 4.69) is 18.6 Å². The van der Waals surface area contributed by atoms with Gasteiger partial charge in [0.2, 0.25) is 10.0 Å². The van der Waals surface area contributed by atoms with Crippen LogP contribution in [0.15, 0.2) is 12.2 Å². The van der Waals surface area contributed by atoms with Crippen LogP contribution < -0.4 is 4.72 Å². The first-order valence-electron chi connectivity index (χ1n) is 7.43. The van der Waals surface area contributed by atoms with Gasteiger partial charge in [0.05, 0.1) is 5.75 Å². The molecule has 2 unspecified atom stereocenters. The molecular weight excluding hydrogens is 274 g/mol. The number of hydrogen-bond acceptors (Lipinski definition) is 3. The summed E-state index contributed by atoms with van der Waals surface area (Å²) in [5.74, 6) is 0.495. The minimum Gasteiger partial charge on any atom is -0.293 e. The van der Waals surface area contributed by atoms with E-state index in [0.29, 0.717) is 12.3 Å². The largest absolute Gasteiger partial charge is 0.293 e. The van der Waals surface area contributed by atoms with E-state index in [0.717, 1.165) is 19.3 Å². The highest BCUT2D eigenvalue weighted by atomic mass is 32.2. The summed E-state index contributed by atoms with van der Waals surface area (Å²) in [5, 5.41) is 0. The second kappa shape index (κ2) is 3.95. The number of hydrogen-bond donors (Lipinski definition) is 1. The fourth-order valence-electron chi connectivity index (χ4n) is 5.08. The average Bonchev–Trinajstić information content (AvgIpc) is 2.81. The number of carbonyl (C=O) groups excluding carboxylic acids is 1. The zero-order valence-electron chi connectivity index (χ0n) is 12.4. The summed E-state index contributed by atoms with van der Waals surface area (Å²) < 4.78 is 27.2. The van der Waals surface area contributed by atoms with Crippen LogP contribution >= 0.6 is 0 Å². The summed E-state index contributed by atoms with van der Waals surface area (Å²) in [6.07, 6.45) is 6.74. The highest BCUT2D eigenvalue weighted by molar-refractivity contribution is 7.89. The van der Waals surface area contributed by atoms with Crippen molar-refractivity contribution < 1.29 is 13.2 Å². The molecule has 0 radical (unpaired) electrons. The Hall–Kier alpha value is -0.680. The number of sulfonamides is 1. The lowest BCUT2D eigenvalue weighted by molar-refractivity contribution is -0.124. The fraction of sp³-hybridized carbons (Fsp3) is 0.800. The number of nitrogens with one attached hydrogen (secondary N) is 1. The van der Waals surface area contributed by atoms with Crippen LogP contribution in [0, 0.1) is 16.7 Å². The summed E-state index contributed by atoms with van der Waals surface area (Å²) >= 11 is 0. The third-order valence-electron chi connectivity index (χ3n) is 6.23. The molecule has 5 heteroatoms. The van der Waals surface area contributed by atoms with E-state index >= 15 is 0 Å². The zero-order valence-corrected chi connectivity index (χ0v) is 13.2. The number of ketones is 1. The SMILES string of the molecule is CCC=CC(=O)[C@@]12CC3CCC1(CS(=O)(=O)N2)C3(C)C. The number of fused-ring (bicyclic) bond motifs is 1. The molecule has 1 aliphatic heterocycles. The van der Waals surface area contributed by atoms with Gasteiger partial charge in [-0.1, -0.05) is 26.8 Å². The molecule has 3 fully saturated rings. The lowest BCUT2D eigenvalue weighted by Gasteiger charge is -2.42. The van der Waals surface area contributed by atoms with Crippen molar-refractivity contribution in [1.82, 2.24) is 4.72 Å². The molecule has 20 heavy (non-hydrogen) atoms. The van der Waals surface area contributed by atoms with Gasteiger partial charge in [-0.05, 0) is 43.1 Å². The van der Waals surface area contributed by atoms with Crippen LogP contribution in [0.3, 0.4) is 0 Å². The van der Waals surface area contributed by atoms with Gasteiger partial charge in [0.25, 0.3) is 0 Å². The molecule has 0 aromatic rings. The molecule has 3 aliphatic rings. The quantitative estimate of drug-likeness (QED) is 0.811. The van der Waals surface area contributed by atoms with E-state index < -0.39 is 21.0 Å². The van der Waals surface area contributed by atoms with Gasteiger partial charge >= 0.3 is 0 Å². The highest BCUT2D eigenvalue weighted by Crippen LogP contribution is 2.72. The number of allylic oxidation sites excluding steroid dienone is 1. The number of carbonyl (C=O) groups is 1. The number of rotatable bonds is 3. The van der Waals surface area contributed by atoms with E-state index in [-0.39, 0.29) is 17.0 Å². The van der Waals surface area contributed by atoms with Gasteiger partial charge < -0.3 is 0 Å². The van der Waals surface area contributed by atoms with E-state index in [1.165, 1.54) is 0 Å². The van der Waals surface area contributed by atoms with Crippen LogP contribution in [0.2, 0.25) is 0 Å². The van der Waals surface area contributed by atoms with Crippen LogP contribution in [-0.2, 0) is 14.8 Å². The Morgan fingerprint density at radius 3 is 2.70 bits per heavy atom. The first kappa shape index (κ1) is 14.3.